The second kappa shape index (κ2) is 8.94. The fraction of sp³-hybridized carbons (Fsp3) is 0.273. The van der Waals surface area contributed by atoms with E-state index >= 15 is 0 Å². The average molecular weight is 400 g/mol. The third kappa shape index (κ3) is 5.47. The Morgan fingerprint density at radius 1 is 0.966 bits per heavy atom. The second-order valence-corrected chi connectivity index (χ2v) is 6.83. The minimum Gasteiger partial charge on any atom is -0.339 e. The molecule has 7 heteroatoms. The van der Waals surface area contributed by atoms with Gasteiger partial charge < -0.3 is 10.6 Å². The summed E-state index contributed by atoms with van der Waals surface area (Å²) in [4.78, 5) is 7.98. The van der Waals surface area contributed by atoms with Crippen molar-refractivity contribution in [1.29, 1.82) is 0 Å². The number of benzene rings is 2. The molecule has 0 aliphatic heterocycles. The van der Waals surface area contributed by atoms with Gasteiger partial charge in [0.25, 0.3) is 0 Å². The van der Waals surface area contributed by atoms with Crippen LogP contribution < -0.4 is 10.6 Å². The smallest absolute Gasteiger partial charge is 0.339 e. The predicted molar refractivity (Wildman–Crippen MR) is 110 cm³/mol. The van der Waals surface area contributed by atoms with E-state index in [9.17, 15) is 13.2 Å². The molecule has 0 amide bonds. The van der Waals surface area contributed by atoms with E-state index in [0.29, 0.717) is 11.4 Å². The van der Waals surface area contributed by atoms with Gasteiger partial charge in [0.05, 0.1) is 0 Å². The molecule has 2 N–H and O–H groups in total. The number of aryl methyl sites for hydroxylation is 2. The molecule has 0 bridgehead atoms. The van der Waals surface area contributed by atoms with E-state index in [1.807, 2.05) is 43.3 Å². The third-order valence-electron chi connectivity index (χ3n) is 4.47. The van der Waals surface area contributed by atoms with Crippen LogP contribution in [0.4, 0.5) is 36.3 Å². The topological polar surface area (TPSA) is 49.8 Å². The number of halogens is 3. The summed E-state index contributed by atoms with van der Waals surface area (Å²) in [5.41, 5.74) is 2.44. The first-order valence-corrected chi connectivity index (χ1v) is 9.49. The van der Waals surface area contributed by atoms with Crippen LogP contribution in [0.5, 0.6) is 0 Å². The Labute approximate surface area is 168 Å². The Balaban J connectivity index is 1.94. The lowest BCUT2D eigenvalue weighted by molar-refractivity contribution is -0.137. The summed E-state index contributed by atoms with van der Waals surface area (Å²) in [7, 11) is 0. The van der Waals surface area contributed by atoms with E-state index in [-0.39, 0.29) is 11.8 Å². The van der Waals surface area contributed by atoms with Gasteiger partial charge in [-0.05, 0) is 43.5 Å². The van der Waals surface area contributed by atoms with Gasteiger partial charge in [0.2, 0.25) is 5.95 Å². The Morgan fingerprint density at radius 2 is 1.69 bits per heavy atom. The molecule has 1 aromatic heterocycles. The number of aromatic nitrogens is 2. The molecule has 1 heterocycles. The molecule has 0 aliphatic rings. The van der Waals surface area contributed by atoms with Gasteiger partial charge in [-0.1, -0.05) is 49.2 Å². The third-order valence-corrected chi connectivity index (χ3v) is 4.47. The lowest BCUT2D eigenvalue weighted by Gasteiger charge is -2.17. The number of para-hydroxylation sites is 1. The maximum Gasteiger partial charge on any atom is 0.421 e. The normalized spacial score (nSPS) is 11.3. The number of nitrogens with one attached hydrogen (secondary N) is 2. The minimum atomic E-state index is -4.57. The van der Waals surface area contributed by atoms with Gasteiger partial charge in [0.1, 0.15) is 11.4 Å². The van der Waals surface area contributed by atoms with E-state index < -0.39 is 11.7 Å². The quantitative estimate of drug-likeness (QED) is 0.467. The molecule has 0 spiro atoms. The van der Waals surface area contributed by atoms with Crippen molar-refractivity contribution < 1.29 is 13.2 Å². The Morgan fingerprint density at radius 3 is 2.38 bits per heavy atom. The highest BCUT2D eigenvalue weighted by atomic mass is 19.4. The molecule has 3 rings (SSSR count). The van der Waals surface area contributed by atoms with Gasteiger partial charge in [-0.3, -0.25) is 0 Å². The Kier molecular flexibility index (Phi) is 6.36. The molecule has 29 heavy (non-hydrogen) atoms. The molecule has 152 valence electrons. The fourth-order valence-electron chi connectivity index (χ4n) is 2.87. The van der Waals surface area contributed by atoms with Gasteiger partial charge in [-0.25, -0.2) is 4.98 Å². The van der Waals surface area contributed by atoms with Crippen LogP contribution in [-0.4, -0.2) is 9.97 Å². The highest BCUT2D eigenvalue weighted by molar-refractivity contribution is 5.65. The summed E-state index contributed by atoms with van der Waals surface area (Å²) in [5, 5.41) is 5.84. The predicted octanol–water partition coefficient (Wildman–Crippen LogP) is 6.63. The molecule has 0 saturated heterocycles. The molecule has 2 aromatic carbocycles. The number of hydrogen-bond donors (Lipinski definition) is 2. The van der Waals surface area contributed by atoms with Gasteiger partial charge >= 0.3 is 6.18 Å². The largest absolute Gasteiger partial charge is 0.421 e. The number of rotatable bonds is 7. The highest BCUT2D eigenvalue weighted by Gasteiger charge is 2.35. The molecule has 3 aromatic rings. The number of alkyl halides is 3. The van der Waals surface area contributed by atoms with Crippen molar-refractivity contribution in [2.45, 2.75) is 39.3 Å². The van der Waals surface area contributed by atoms with Crippen LogP contribution in [-0.2, 0) is 12.6 Å². The van der Waals surface area contributed by atoms with Crippen LogP contribution in [0.2, 0.25) is 0 Å². The molecule has 0 unspecified atom stereocenters. The van der Waals surface area contributed by atoms with E-state index in [4.69, 9.17) is 0 Å². The average Bonchev–Trinajstić information content (AvgIpc) is 2.68. The molecule has 0 saturated carbocycles. The molecule has 0 radical (unpaired) electrons. The van der Waals surface area contributed by atoms with Crippen molar-refractivity contribution in [1.82, 2.24) is 9.97 Å². The van der Waals surface area contributed by atoms with Gasteiger partial charge in [-0.2, -0.15) is 18.2 Å². The Hall–Kier alpha value is -3.09. The maximum atomic E-state index is 13.5. The number of nitrogens with zero attached hydrogens (tertiary/aromatic N) is 2. The van der Waals surface area contributed by atoms with Crippen molar-refractivity contribution in [2.24, 2.45) is 0 Å². The van der Waals surface area contributed by atoms with Crippen LogP contribution in [0.15, 0.2) is 54.7 Å². The van der Waals surface area contributed by atoms with Crippen LogP contribution in [0, 0.1) is 6.92 Å². The molecular formula is C22H23F3N4. The first-order chi connectivity index (χ1) is 13.9. The lowest BCUT2D eigenvalue weighted by Crippen LogP contribution is -2.13. The lowest BCUT2D eigenvalue weighted by atomic mass is 10.1. The van der Waals surface area contributed by atoms with E-state index in [2.05, 4.69) is 27.5 Å². The molecule has 0 atom stereocenters. The number of anilines is 4. The van der Waals surface area contributed by atoms with Crippen molar-refractivity contribution in [3.05, 3.63) is 71.4 Å². The zero-order valence-electron chi connectivity index (χ0n) is 16.3. The first-order valence-electron chi connectivity index (χ1n) is 9.49. The van der Waals surface area contributed by atoms with E-state index in [0.717, 1.165) is 36.6 Å². The van der Waals surface area contributed by atoms with Crippen molar-refractivity contribution >= 4 is 23.1 Å². The maximum absolute atomic E-state index is 13.5. The zero-order chi connectivity index (χ0) is 20.9. The first kappa shape index (κ1) is 20.6. The summed E-state index contributed by atoms with van der Waals surface area (Å²) in [6.45, 7) is 4.03. The second-order valence-electron chi connectivity index (χ2n) is 6.83. The summed E-state index contributed by atoms with van der Waals surface area (Å²) in [6, 6.07) is 14.8. The minimum absolute atomic E-state index is 0.0930. The Bertz CT molecular complexity index is 953. The summed E-state index contributed by atoms with van der Waals surface area (Å²) in [6.07, 6.45) is -1.03. The van der Waals surface area contributed by atoms with Crippen molar-refractivity contribution in [3.63, 3.8) is 0 Å². The van der Waals surface area contributed by atoms with Crippen molar-refractivity contribution in [2.75, 3.05) is 10.6 Å². The van der Waals surface area contributed by atoms with Crippen LogP contribution in [0.1, 0.15) is 36.5 Å². The monoisotopic (exact) mass is 400 g/mol. The SMILES string of the molecule is CCCCc1ccccc1Nc1nc(Nc2ccc(C)cc2)ncc1C(F)(F)F. The van der Waals surface area contributed by atoms with Crippen LogP contribution in [0.25, 0.3) is 0 Å². The van der Waals surface area contributed by atoms with Crippen molar-refractivity contribution in [3.8, 4) is 0 Å². The molecule has 0 aliphatic carbocycles. The standard InChI is InChI=1S/C22H23F3N4/c1-3-4-7-16-8-5-6-9-19(16)28-20-18(22(23,24)25)14-26-21(29-20)27-17-12-10-15(2)11-13-17/h5-6,8-14H,3-4,7H2,1-2H3,(H2,26,27,28,29). The number of hydrogen-bond acceptors (Lipinski definition) is 4. The van der Waals surface area contributed by atoms with E-state index in [1.165, 1.54) is 0 Å². The zero-order valence-corrected chi connectivity index (χ0v) is 16.3. The van der Waals surface area contributed by atoms with E-state index in [1.54, 1.807) is 12.1 Å². The highest BCUT2D eigenvalue weighted by Crippen LogP contribution is 2.36. The fourth-order valence-corrected chi connectivity index (χ4v) is 2.87. The van der Waals surface area contributed by atoms with Crippen LogP contribution in [0.3, 0.4) is 0 Å². The van der Waals surface area contributed by atoms with Crippen LogP contribution >= 0.6 is 0 Å². The number of unbranched alkanes of at least 4 members (excludes halogenated alkanes) is 1. The van der Waals surface area contributed by atoms with Gasteiger partial charge in [0.15, 0.2) is 0 Å². The van der Waals surface area contributed by atoms with Gasteiger partial charge in [-0.15, -0.1) is 0 Å². The summed E-state index contributed by atoms with van der Waals surface area (Å²) >= 11 is 0. The van der Waals surface area contributed by atoms with Gasteiger partial charge in [0, 0.05) is 17.6 Å². The molecular weight excluding hydrogens is 377 g/mol. The molecule has 0 fully saturated rings. The summed E-state index contributed by atoms with van der Waals surface area (Å²) in [5.74, 6) is -0.179. The molecule has 4 nitrogen and oxygen atoms in total. The summed E-state index contributed by atoms with van der Waals surface area (Å²) < 4.78 is 40.6.